The van der Waals surface area contributed by atoms with Gasteiger partial charge in [-0.3, -0.25) is 4.79 Å². The molecule has 1 heterocycles. The molecule has 1 N–H and O–H groups in total. The third kappa shape index (κ3) is 4.75. The average molecular weight is 443 g/mol. The summed E-state index contributed by atoms with van der Waals surface area (Å²) in [4.78, 5) is 29.2. The van der Waals surface area contributed by atoms with Crippen molar-refractivity contribution in [2.45, 2.75) is 26.2 Å². The van der Waals surface area contributed by atoms with Crippen molar-refractivity contribution in [2.75, 3.05) is 0 Å². The summed E-state index contributed by atoms with van der Waals surface area (Å²) in [7, 11) is 0. The van der Waals surface area contributed by atoms with Crippen molar-refractivity contribution in [2.24, 2.45) is 0 Å². The molecule has 0 spiro atoms. The van der Waals surface area contributed by atoms with E-state index in [4.69, 9.17) is 4.74 Å². The molecule has 0 saturated carbocycles. The van der Waals surface area contributed by atoms with Gasteiger partial charge in [-0.25, -0.2) is 14.2 Å². The summed E-state index contributed by atoms with van der Waals surface area (Å²) in [6.45, 7) is 1.94. The van der Waals surface area contributed by atoms with Gasteiger partial charge in [-0.15, -0.1) is 0 Å². The van der Waals surface area contributed by atoms with E-state index >= 15 is 0 Å². The first-order valence-electron chi connectivity index (χ1n) is 10.7. The van der Waals surface area contributed by atoms with Gasteiger partial charge < -0.3 is 9.84 Å². The van der Waals surface area contributed by atoms with Gasteiger partial charge in [0.1, 0.15) is 17.1 Å². The number of unbranched alkanes of at least 4 members (excludes halogenated alkanes) is 1. The average Bonchev–Trinajstić information content (AvgIpc) is 2.82. The summed E-state index contributed by atoms with van der Waals surface area (Å²) >= 11 is 0. The quantitative estimate of drug-likeness (QED) is 0.330. The number of aromatic nitrogens is 1. The van der Waals surface area contributed by atoms with Crippen molar-refractivity contribution in [3.63, 3.8) is 0 Å². The number of nitrogens with zero attached hydrogens (tertiary/aromatic N) is 1. The number of fused-ring (bicyclic) bond motifs is 1. The fourth-order valence-corrected chi connectivity index (χ4v) is 3.66. The van der Waals surface area contributed by atoms with Gasteiger partial charge in [-0.1, -0.05) is 67.9 Å². The Morgan fingerprint density at radius 1 is 0.939 bits per heavy atom. The molecule has 1 aromatic heterocycles. The maximum atomic E-state index is 13.9. The molecule has 4 aromatic rings. The first-order valence-corrected chi connectivity index (χ1v) is 10.7. The molecule has 0 atom stereocenters. The van der Waals surface area contributed by atoms with Crippen molar-refractivity contribution in [3.8, 4) is 28.1 Å². The first-order chi connectivity index (χ1) is 16.0. The number of carbonyl (C=O) groups excluding carboxylic acids is 1. The van der Waals surface area contributed by atoms with Gasteiger partial charge in [0.25, 0.3) is 0 Å². The lowest BCUT2D eigenvalue weighted by molar-refractivity contribution is -0.134. The SMILES string of the molecule is CCCCC(=O)Oc1c(-c2ccc(-c3ccccc3)cc2)nc2ccc(F)cc2c1C(=O)O. The number of hydrogen-bond acceptors (Lipinski definition) is 4. The van der Waals surface area contributed by atoms with Crippen molar-refractivity contribution in [1.82, 2.24) is 4.98 Å². The molecular weight excluding hydrogens is 421 g/mol. The summed E-state index contributed by atoms with van der Waals surface area (Å²) in [6, 6.07) is 20.9. The van der Waals surface area contributed by atoms with E-state index in [2.05, 4.69) is 4.98 Å². The Balaban J connectivity index is 1.88. The standard InChI is InChI=1S/C27H22FNO4/c1-2-3-9-23(30)33-26-24(27(31)32)21-16-20(28)14-15-22(21)29-25(26)19-12-10-18(11-13-19)17-7-5-4-6-8-17/h4-8,10-16H,2-3,9H2,1H3,(H,31,32). The number of carboxylic acids is 1. The van der Waals surface area contributed by atoms with E-state index in [1.165, 1.54) is 12.1 Å². The van der Waals surface area contributed by atoms with Crippen LogP contribution in [0.5, 0.6) is 5.75 Å². The van der Waals surface area contributed by atoms with Gasteiger partial charge in [-0.2, -0.15) is 0 Å². The third-order valence-electron chi connectivity index (χ3n) is 5.33. The zero-order valence-corrected chi connectivity index (χ0v) is 18.0. The molecule has 0 unspecified atom stereocenters. The molecule has 0 aliphatic rings. The summed E-state index contributed by atoms with van der Waals surface area (Å²) in [5.74, 6) is -2.66. The number of hydrogen-bond donors (Lipinski definition) is 1. The second kappa shape index (κ2) is 9.61. The molecule has 0 saturated heterocycles. The number of benzene rings is 3. The van der Waals surface area contributed by atoms with Gasteiger partial charge in [-0.05, 0) is 35.7 Å². The van der Waals surface area contributed by atoms with Crippen LogP contribution >= 0.6 is 0 Å². The maximum absolute atomic E-state index is 13.9. The number of pyridine rings is 1. The highest BCUT2D eigenvalue weighted by Gasteiger charge is 2.25. The van der Waals surface area contributed by atoms with Crippen molar-refractivity contribution >= 4 is 22.8 Å². The Hall–Kier alpha value is -4.06. The van der Waals surface area contributed by atoms with Crippen molar-refractivity contribution in [3.05, 3.63) is 84.2 Å². The summed E-state index contributed by atoms with van der Waals surface area (Å²) in [6.07, 6.45) is 1.54. The maximum Gasteiger partial charge on any atom is 0.340 e. The minimum atomic E-state index is -1.33. The predicted molar refractivity (Wildman–Crippen MR) is 125 cm³/mol. The molecular formula is C27H22FNO4. The van der Waals surface area contributed by atoms with Crippen LogP contribution in [0.2, 0.25) is 0 Å². The second-order valence-corrected chi connectivity index (χ2v) is 7.65. The van der Waals surface area contributed by atoms with Crippen LogP contribution in [0.4, 0.5) is 4.39 Å². The van der Waals surface area contributed by atoms with Crippen molar-refractivity contribution < 1.29 is 23.8 Å². The molecule has 33 heavy (non-hydrogen) atoms. The minimum Gasteiger partial charge on any atom is -0.478 e. The normalized spacial score (nSPS) is 10.8. The zero-order chi connectivity index (χ0) is 23.4. The van der Waals surface area contributed by atoms with Gasteiger partial charge in [0.15, 0.2) is 5.75 Å². The van der Waals surface area contributed by atoms with E-state index in [9.17, 15) is 19.1 Å². The molecule has 0 aliphatic carbocycles. The fourth-order valence-electron chi connectivity index (χ4n) is 3.66. The van der Waals surface area contributed by atoms with Crippen LogP contribution in [0.15, 0.2) is 72.8 Å². The van der Waals surface area contributed by atoms with Gasteiger partial charge in [0, 0.05) is 17.4 Å². The smallest absolute Gasteiger partial charge is 0.340 e. The third-order valence-corrected chi connectivity index (χ3v) is 5.33. The Labute approximate surface area is 190 Å². The van der Waals surface area contributed by atoms with Crippen LogP contribution in [0, 0.1) is 5.82 Å². The molecule has 3 aromatic carbocycles. The number of ether oxygens (including phenoxy) is 1. The lowest BCUT2D eigenvalue weighted by Gasteiger charge is -2.15. The Morgan fingerprint density at radius 3 is 2.27 bits per heavy atom. The minimum absolute atomic E-state index is 0.0745. The molecule has 0 amide bonds. The number of rotatable bonds is 7. The van der Waals surface area contributed by atoms with E-state index in [-0.39, 0.29) is 28.8 Å². The Kier molecular flexibility index (Phi) is 6.45. The predicted octanol–water partition coefficient (Wildman–Crippen LogP) is 6.50. The first kappa shape index (κ1) is 22.1. The highest BCUT2D eigenvalue weighted by atomic mass is 19.1. The van der Waals surface area contributed by atoms with Crippen LogP contribution < -0.4 is 4.74 Å². The van der Waals surface area contributed by atoms with E-state index in [0.717, 1.165) is 23.6 Å². The number of aromatic carboxylic acids is 1. The van der Waals surface area contributed by atoms with E-state index in [1.54, 1.807) is 12.1 Å². The molecule has 0 aliphatic heterocycles. The molecule has 0 fully saturated rings. The molecule has 6 heteroatoms. The molecule has 5 nitrogen and oxygen atoms in total. The van der Waals surface area contributed by atoms with Gasteiger partial charge in [0.2, 0.25) is 0 Å². The highest BCUT2D eigenvalue weighted by molar-refractivity contribution is 6.08. The topological polar surface area (TPSA) is 76.5 Å². The van der Waals surface area contributed by atoms with Crippen LogP contribution in [0.25, 0.3) is 33.3 Å². The number of carboxylic acid groups (broad SMARTS) is 1. The summed E-state index contributed by atoms with van der Waals surface area (Å²) < 4.78 is 19.5. The summed E-state index contributed by atoms with van der Waals surface area (Å²) in [5, 5.41) is 10.0. The van der Waals surface area contributed by atoms with Crippen LogP contribution in [-0.4, -0.2) is 22.0 Å². The van der Waals surface area contributed by atoms with Gasteiger partial charge in [0.05, 0.1) is 5.52 Å². The molecule has 0 radical (unpaired) electrons. The Morgan fingerprint density at radius 2 is 1.61 bits per heavy atom. The largest absolute Gasteiger partial charge is 0.478 e. The second-order valence-electron chi connectivity index (χ2n) is 7.65. The van der Waals surface area contributed by atoms with Crippen LogP contribution in [0.3, 0.4) is 0 Å². The lowest BCUT2D eigenvalue weighted by Crippen LogP contribution is -2.13. The van der Waals surface area contributed by atoms with Crippen LogP contribution in [-0.2, 0) is 4.79 Å². The number of carbonyl (C=O) groups is 2. The molecule has 0 bridgehead atoms. The van der Waals surface area contributed by atoms with E-state index in [1.807, 2.05) is 49.4 Å². The number of halogens is 1. The van der Waals surface area contributed by atoms with Crippen molar-refractivity contribution in [1.29, 1.82) is 0 Å². The molecule has 4 rings (SSSR count). The fraction of sp³-hybridized carbons (Fsp3) is 0.148. The number of esters is 1. The highest BCUT2D eigenvalue weighted by Crippen LogP contribution is 2.37. The van der Waals surface area contributed by atoms with E-state index < -0.39 is 17.8 Å². The summed E-state index contributed by atoms with van der Waals surface area (Å²) in [5.41, 5.74) is 2.82. The van der Waals surface area contributed by atoms with Gasteiger partial charge >= 0.3 is 11.9 Å². The zero-order valence-electron chi connectivity index (χ0n) is 18.0. The molecule has 166 valence electrons. The Bertz CT molecular complexity index is 1320. The lowest BCUT2D eigenvalue weighted by atomic mass is 9.99. The van der Waals surface area contributed by atoms with E-state index in [0.29, 0.717) is 17.5 Å². The monoisotopic (exact) mass is 443 g/mol. The van der Waals surface area contributed by atoms with Crippen LogP contribution in [0.1, 0.15) is 36.5 Å².